The minimum atomic E-state index is -3.67. The summed E-state index contributed by atoms with van der Waals surface area (Å²) in [4.78, 5) is 2.47. The molecule has 1 fully saturated rings. The van der Waals surface area contributed by atoms with Gasteiger partial charge in [-0.1, -0.05) is 12.1 Å². The number of rotatable bonds is 4. The number of hydrogen-bond donors (Lipinski definition) is 2. The molecule has 0 aromatic heterocycles. The van der Waals surface area contributed by atoms with Gasteiger partial charge in [-0.2, -0.15) is 0 Å². The molecule has 6 heteroatoms. The molecular weight excluding hydrogens is 262 g/mol. The van der Waals surface area contributed by atoms with Crippen LogP contribution >= 0.6 is 0 Å². The highest BCUT2D eigenvalue weighted by Crippen LogP contribution is 2.21. The van der Waals surface area contributed by atoms with Gasteiger partial charge in [0, 0.05) is 13.1 Å². The Hall–Kier alpha value is -1.11. The molecule has 2 rings (SSSR count). The van der Waals surface area contributed by atoms with Gasteiger partial charge in [0.15, 0.2) is 0 Å². The molecule has 19 heavy (non-hydrogen) atoms. The Morgan fingerprint density at radius 1 is 1.42 bits per heavy atom. The monoisotopic (exact) mass is 283 g/mol. The van der Waals surface area contributed by atoms with Gasteiger partial charge in [0.2, 0.25) is 10.0 Å². The van der Waals surface area contributed by atoms with Crippen molar-refractivity contribution in [1.29, 1.82) is 0 Å². The van der Waals surface area contributed by atoms with Gasteiger partial charge < -0.3 is 10.2 Å². The average Bonchev–Trinajstić information content (AvgIpc) is 2.36. The molecule has 1 unspecified atom stereocenters. The highest BCUT2D eigenvalue weighted by Gasteiger charge is 2.18. The molecule has 3 N–H and O–H groups in total. The predicted octanol–water partition coefficient (Wildman–Crippen LogP) is 1.09. The van der Waals surface area contributed by atoms with E-state index in [1.165, 1.54) is 18.9 Å². The zero-order chi connectivity index (χ0) is 13.9. The van der Waals surface area contributed by atoms with Gasteiger partial charge in [-0.3, -0.25) is 0 Å². The Labute approximate surface area is 114 Å². The van der Waals surface area contributed by atoms with E-state index in [-0.39, 0.29) is 4.90 Å². The van der Waals surface area contributed by atoms with E-state index in [4.69, 9.17) is 5.14 Å². The first-order valence-electron chi connectivity index (χ1n) is 6.51. The number of primary sulfonamides is 1. The van der Waals surface area contributed by atoms with Crippen molar-refractivity contribution in [1.82, 2.24) is 4.90 Å². The molecule has 0 spiro atoms. The SMILES string of the molecule is CN1CCCC(CNc2ccccc2S(N)(=O)=O)C1. The van der Waals surface area contributed by atoms with E-state index in [1.807, 2.05) is 6.07 Å². The Morgan fingerprint density at radius 3 is 2.84 bits per heavy atom. The third kappa shape index (κ3) is 3.92. The van der Waals surface area contributed by atoms with Crippen LogP contribution in [0, 0.1) is 5.92 Å². The van der Waals surface area contributed by atoms with Crippen molar-refractivity contribution in [3.05, 3.63) is 24.3 Å². The predicted molar refractivity (Wildman–Crippen MR) is 76.5 cm³/mol. The topological polar surface area (TPSA) is 75.4 Å². The van der Waals surface area contributed by atoms with Crippen LogP contribution in [-0.2, 0) is 10.0 Å². The molecule has 1 aromatic rings. The second kappa shape index (κ2) is 5.90. The zero-order valence-electron chi connectivity index (χ0n) is 11.2. The van der Waals surface area contributed by atoms with Gasteiger partial charge in [-0.15, -0.1) is 0 Å². The van der Waals surface area contributed by atoms with E-state index < -0.39 is 10.0 Å². The lowest BCUT2D eigenvalue weighted by Gasteiger charge is -2.30. The summed E-state index contributed by atoms with van der Waals surface area (Å²) < 4.78 is 23.0. The number of benzene rings is 1. The van der Waals surface area contributed by atoms with Gasteiger partial charge in [0.1, 0.15) is 4.90 Å². The molecule has 0 amide bonds. The normalized spacial score (nSPS) is 21.3. The minimum Gasteiger partial charge on any atom is -0.384 e. The number of sulfonamides is 1. The van der Waals surface area contributed by atoms with Gasteiger partial charge in [0.25, 0.3) is 0 Å². The maximum absolute atomic E-state index is 11.5. The Morgan fingerprint density at radius 2 is 2.16 bits per heavy atom. The lowest BCUT2D eigenvalue weighted by atomic mass is 9.98. The fourth-order valence-electron chi connectivity index (χ4n) is 2.55. The van der Waals surface area contributed by atoms with Crippen LogP contribution in [0.5, 0.6) is 0 Å². The second-order valence-electron chi connectivity index (χ2n) is 5.19. The summed E-state index contributed by atoms with van der Waals surface area (Å²) in [6.45, 7) is 2.96. The Bertz CT molecular complexity index is 530. The van der Waals surface area contributed by atoms with Crippen LogP contribution in [0.4, 0.5) is 5.69 Å². The average molecular weight is 283 g/mol. The largest absolute Gasteiger partial charge is 0.384 e. The van der Waals surface area contributed by atoms with E-state index in [0.717, 1.165) is 19.6 Å². The van der Waals surface area contributed by atoms with Gasteiger partial charge in [-0.25, -0.2) is 13.6 Å². The third-order valence-electron chi connectivity index (χ3n) is 3.50. The lowest BCUT2D eigenvalue weighted by molar-refractivity contribution is 0.217. The quantitative estimate of drug-likeness (QED) is 0.867. The highest BCUT2D eigenvalue weighted by molar-refractivity contribution is 7.89. The molecule has 1 aliphatic rings. The number of nitrogens with two attached hydrogens (primary N) is 1. The van der Waals surface area contributed by atoms with Gasteiger partial charge >= 0.3 is 0 Å². The van der Waals surface area contributed by atoms with Gasteiger partial charge in [-0.05, 0) is 44.5 Å². The number of nitrogens with zero attached hydrogens (tertiary/aromatic N) is 1. The van der Waals surface area contributed by atoms with Gasteiger partial charge in [0.05, 0.1) is 5.69 Å². The summed E-state index contributed by atoms with van der Waals surface area (Å²) in [6, 6.07) is 6.78. The van der Waals surface area contributed by atoms with Crippen molar-refractivity contribution in [2.24, 2.45) is 11.1 Å². The second-order valence-corrected chi connectivity index (χ2v) is 6.72. The van der Waals surface area contributed by atoms with E-state index in [1.54, 1.807) is 12.1 Å². The first-order valence-corrected chi connectivity index (χ1v) is 8.05. The molecular formula is C13H21N3O2S. The molecule has 5 nitrogen and oxygen atoms in total. The maximum atomic E-state index is 11.5. The van der Waals surface area contributed by atoms with Crippen molar-refractivity contribution >= 4 is 15.7 Å². The number of anilines is 1. The van der Waals surface area contributed by atoms with Crippen LogP contribution in [0.3, 0.4) is 0 Å². The summed E-state index contributed by atoms with van der Waals surface area (Å²) in [5.74, 6) is 0.548. The van der Waals surface area contributed by atoms with Crippen molar-refractivity contribution < 1.29 is 8.42 Å². The molecule has 106 valence electrons. The number of piperidine rings is 1. The smallest absolute Gasteiger partial charge is 0.240 e. The van der Waals surface area contributed by atoms with Crippen LogP contribution in [0.1, 0.15) is 12.8 Å². The summed E-state index contributed by atoms with van der Waals surface area (Å²) in [7, 11) is -1.55. The maximum Gasteiger partial charge on any atom is 0.240 e. The molecule has 0 radical (unpaired) electrons. The summed E-state index contributed by atoms with van der Waals surface area (Å²) in [5, 5.41) is 8.44. The van der Waals surface area contributed by atoms with Crippen LogP contribution in [0.25, 0.3) is 0 Å². The molecule has 0 bridgehead atoms. The van der Waals surface area contributed by atoms with E-state index >= 15 is 0 Å². The molecule has 1 aromatic carbocycles. The van der Waals surface area contributed by atoms with Crippen LogP contribution in [0.2, 0.25) is 0 Å². The first kappa shape index (κ1) is 14.3. The summed E-state index contributed by atoms with van der Waals surface area (Å²) >= 11 is 0. The number of likely N-dealkylation sites (tertiary alicyclic amines) is 1. The first-order chi connectivity index (χ1) is 8.97. The summed E-state index contributed by atoms with van der Waals surface area (Å²) in [6.07, 6.45) is 2.37. The molecule has 1 heterocycles. The van der Waals surface area contributed by atoms with E-state index in [2.05, 4.69) is 17.3 Å². The molecule has 1 saturated heterocycles. The Kier molecular flexibility index (Phi) is 4.44. The standard InChI is InChI=1S/C13H21N3O2S/c1-16-8-4-5-11(10-16)9-15-12-6-2-3-7-13(12)19(14,17)18/h2-3,6-7,11,15H,4-5,8-10H2,1H3,(H2,14,17,18). The lowest BCUT2D eigenvalue weighted by Crippen LogP contribution is -2.35. The highest BCUT2D eigenvalue weighted by atomic mass is 32.2. The van der Waals surface area contributed by atoms with Crippen molar-refractivity contribution in [3.8, 4) is 0 Å². The van der Waals surface area contributed by atoms with Crippen LogP contribution in [-0.4, -0.2) is 40.0 Å². The minimum absolute atomic E-state index is 0.166. The van der Waals surface area contributed by atoms with Crippen LogP contribution < -0.4 is 10.5 Å². The fourth-order valence-corrected chi connectivity index (χ4v) is 3.27. The number of para-hydroxylation sites is 1. The molecule has 0 saturated carbocycles. The molecule has 0 aliphatic carbocycles. The van der Waals surface area contributed by atoms with Crippen LogP contribution in [0.15, 0.2) is 29.2 Å². The number of hydrogen-bond acceptors (Lipinski definition) is 4. The number of nitrogens with one attached hydrogen (secondary N) is 1. The van der Waals surface area contributed by atoms with Crippen molar-refractivity contribution in [3.63, 3.8) is 0 Å². The third-order valence-corrected chi connectivity index (χ3v) is 4.47. The molecule has 1 aliphatic heterocycles. The van der Waals surface area contributed by atoms with E-state index in [0.29, 0.717) is 11.6 Å². The Balaban J connectivity index is 2.04. The van der Waals surface area contributed by atoms with E-state index in [9.17, 15) is 8.42 Å². The summed E-state index contributed by atoms with van der Waals surface area (Å²) in [5.41, 5.74) is 0.596. The fraction of sp³-hybridized carbons (Fsp3) is 0.538. The zero-order valence-corrected chi connectivity index (χ0v) is 12.0. The van der Waals surface area contributed by atoms with Crippen molar-refractivity contribution in [2.75, 3.05) is 32.0 Å². The van der Waals surface area contributed by atoms with Crippen molar-refractivity contribution in [2.45, 2.75) is 17.7 Å². The molecule has 1 atom stereocenters.